The molecule has 39 heavy (non-hydrogen) atoms. The van der Waals surface area contributed by atoms with Crippen LogP contribution in [0.5, 0.6) is 5.75 Å². The van der Waals surface area contributed by atoms with Gasteiger partial charge in [0, 0.05) is 6.17 Å². The Morgan fingerprint density at radius 1 is 0.769 bits per heavy atom. The van der Waals surface area contributed by atoms with E-state index in [1.807, 2.05) is 17.9 Å². The van der Waals surface area contributed by atoms with Crippen LogP contribution < -0.4 is 15.1 Å². The fourth-order valence-electron chi connectivity index (χ4n) is 5.90. The van der Waals surface area contributed by atoms with E-state index in [1.165, 1.54) is 21.5 Å². The van der Waals surface area contributed by atoms with Crippen LogP contribution in [0, 0.1) is 0 Å². The Kier molecular flexibility index (Phi) is 9.68. The molecular weight excluding hydrogens is 511 g/mol. The van der Waals surface area contributed by atoms with E-state index < -0.39 is 16.1 Å². The second-order valence-electron chi connectivity index (χ2n) is 10.2. The maximum Gasteiger partial charge on any atom is 0.137 e. The zero-order chi connectivity index (χ0) is 27.6. The molecule has 3 aromatic carbocycles. The smallest absolute Gasteiger partial charge is 0.137 e. The summed E-state index contributed by atoms with van der Waals surface area (Å²) in [6.45, 7) is 15.3. The van der Waals surface area contributed by atoms with Gasteiger partial charge in [0.25, 0.3) is 0 Å². The van der Waals surface area contributed by atoms with Crippen LogP contribution in [-0.2, 0) is 6.17 Å². The molecule has 0 radical (unpaired) electrons. The van der Waals surface area contributed by atoms with Crippen LogP contribution in [0.2, 0.25) is 23.8 Å². The molecule has 0 fully saturated rings. The third-order valence-corrected chi connectivity index (χ3v) is 20.1. The summed E-state index contributed by atoms with van der Waals surface area (Å²) in [7, 11) is -4.37. The number of benzene rings is 3. The molecule has 4 aromatic rings. The molecule has 4 rings (SSSR count). The van der Waals surface area contributed by atoms with Crippen molar-refractivity contribution in [3.05, 3.63) is 129 Å². The topological polar surface area (TPSA) is 39.9 Å². The van der Waals surface area contributed by atoms with Gasteiger partial charge in [-0.15, -0.1) is 19.7 Å². The van der Waals surface area contributed by atoms with Crippen LogP contribution in [0.15, 0.2) is 129 Å². The molecule has 200 valence electrons. The summed E-state index contributed by atoms with van der Waals surface area (Å²) in [5.41, 5.74) is 3.59. The monoisotopic (exact) mass is 549 g/mol. The van der Waals surface area contributed by atoms with Crippen molar-refractivity contribution in [3.63, 3.8) is 0 Å². The number of allylic oxidation sites excluding steroid dienone is 3. The van der Waals surface area contributed by atoms with E-state index in [1.54, 1.807) is 6.33 Å². The van der Waals surface area contributed by atoms with Crippen LogP contribution in [0.4, 0.5) is 0 Å². The van der Waals surface area contributed by atoms with Gasteiger partial charge in [0.2, 0.25) is 0 Å². The number of hydrogen-bond acceptors (Lipinski definition) is 3. The van der Waals surface area contributed by atoms with Crippen molar-refractivity contribution in [1.82, 2.24) is 14.8 Å². The van der Waals surface area contributed by atoms with Gasteiger partial charge in [-0.05, 0) is 48.3 Å². The molecule has 0 aliphatic heterocycles. The van der Waals surface area contributed by atoms with Gasteiger partial charge in [-0.25, -0.2) is 4.98 Å². The maximum absolute atomic E-state index is 5.81. The van der Waals surface area contributed by atoms with E-state index in [-0.39, 0.29) is 0 Å². The minimum atomic E-state index is -2.33. The van der Waals surface area contributed by atoms with Crippen molar-refractivity contribution in [2.45, 2.75) is 36.9 Å². The SMILES string of the molecule is C=CC[Si](CC=C)(Cn1cncn1)C[Si](CC=C)(c1ccc(OCC)cc1)c1ccc(-c2ccccc2)cc1. The molecule has 0 aliphatic rings. The van der Waals surface area contributed by atoms with Gasteiger partial charge < -0.3 is 4.74 Å². The fraction of sp³-hybridized carbons (Fsp3) is 0.212. The van der Waals surface area contributed by atoms with E-state index in [2.05, 4.69) is 127 Å². The summed E-state index contributed by atoms with van der Waals surface area (Å²) in [5, 5.41) is 7.35. The molecule has 0 bridgehead atoms. The molecule has 0 saturated heterocycles. The largest absolute Gasteiger partial charge is 0.494 e. The molecule has 1 unspecified atom stereocenters. The van der Waals surface area contributed by atoms with Crippen molar-refractivity contribution in [1.29, 1.82) is 0 Å². The van der Waals surface area contributed by atoms with Crippen LogP contribution >= 0.6 is 0 Å². The zero-order valence-corrected chi connectivity index (χ0v) is 25.0. The second kappa shape index (κ2) is 13.4. The summed E-state index contributed by atoms with van der Waals surface area (Å²) in [6.07, 6.45) is 10.7. The second-order valence-corrected chi connectivity index (χ2v) is 19.5. The summed E-state index contributed by atoms with van der Waals surface area (Å²) < 4.78 is 7.83. The lowest BCUT2D eigenvalue weighted by atomic mass is 10.1. The molecule has 4 nitrogen and oxygen atoms in total. The van der Waals surface area contributed by atoms with Crippen molar-refractivity contribution in [2.24, 2.45) is 0 Å². The molecule has 0 N–H and O–H groups in total. The van der Waals surface area contributed by atoms with E-state index in [9.17, 15) is 0 Å². The average molecular weight is 550 g/mol. The first-order valence-corrected chi connectivity index (χ1v) is 18.9. The van der Waals surface area contributed by atoms with Crippen LogP contribution in [0.3, 0.4) is 0 Å². The van der Waals surface area contributed by atoms with Crippen LogP contribution in [0.1, 0.15) is 6.92 Å². The lowest BCUT2D eigenvalue weighted by Gasteiger charge is -2.41. The standard InChI is InChI=1S/C33H39N3OSi2/c1-5-22-38(23-6-2,27-36-26-34-25-35-36)28-39(24-7-3,33-20-16-31(17-21-33)37-8-4)32-18-14-30(15-19-32)29-12-10-9-11-13-29/h5-7,9-21,25-26H,1-3,8,22-24,27-28H2,4H3. The molecule has 0 spiro atoms. The lowest BCUT2D eigenvalue weighted by Crippen LogP contribution is -2.63. The predicted molar refractivity (Wildman–Crippen MR) is 170 cm³/mol. The summed E-state index contributed by atoms with van der Waals surface area (Å²) >= 11 is 0. The van der Waals surface area contributed by atoms with Crippen molar-refractivity contribution < 1.29 is 4.74 Å². The number of nitrogens with zero attached hydrogens (tertiary/aromatic N) is 3. The van der Waals surface area contributed by atoms with Crippen molar-refractivity contribution >= 4 is 26.5 Å². The molecule has 1 aromatic heterocycles. The van der Waals surface area contributed by atoms with Crippen molar-refractivity contribution in [2.75, 3.05) is 6.61 Å². The Bertz CT molecular complexity index is 1330. The molecule has 0 saturated carbocycles. The lowest BCUT2D eigenvalue weighted by molar-refractivity contribution is 0.340. The first-order valence-electron chi connectivity index (χ1n) is 13.6. The number of hydrogen-bond donors (Lipinski definition) is 0. The Morgan fingerprint density at radius 2 is 1.36 bits per heavy atom. The highest BCUT2D eigenvalue weighted by molar-refractivity contribution is 7.10. The minimum absolute atomic E-state index is 0.655. The number of aromatic nitrogens is 3. The zero-order valence-electron chi connectivity index (χ0n) is 23.0. The summed E-state index contributed by atoms with van der Waals surface area (Å²) in [5.74, 6) is 0.908. The van der Waals surface area contributed by atoms with Gasteiger partial charge in [0.1, 0.15) is 26.5 Å². The van der Waals surface area contributed by atoms with Gasteiger partial charge in [-0.3, -0.25) is 4.68 Å². The van der Waals surface area contributed by atoms with E-state index >= 15 is 0 Å². The highest BCUT2D eigenvalue weighted by atomic mass is 28.4. The number of ether oxygens (including phenoxy) is 1. The van der Waals surface area contributed by atoms with Gasteiger partial charge in [0.15, 0.2) is 0 Å². The Balaban J connectivity index is 1.87. The normalized spacial score (nSPS) is 12.8. The van der Waals surface area contributed by atoms with Gasteiger partial charge in [-0.2, -0.15) is 5.10 Å². The highest BCUT2D eigenvalue weighted by Crippen LogP contribution is 2.33. The minimum Gasteiger partial charge on any atom is -0.494 e. The van der Waals surface area contributed by atoms with Crippen molar-refractivity contribution in [3.8, 4) is 16.9 Å². The van der Waals surface area contributed by atoms with Gasteiger partial charge >= 0.3 is 0 Å². The molecule has 1 heterocycles. The third-order valence-electron chi connectivity index (χ3n) is 7.55. The first kappa shape index (κ1) is 28.3. The molecule has 0 amide bonds. The van der Waals surface area contributed by atoms with Gasteiger partial charge in [-0.1, -0.05) is 101 Å². The van der Waals surface area contributed by atoms with E-state index in [0.29, 0.717) is 6.61 Å². The summed E-state index contributed by atoms with van der Waals surface area (Å²) in [6, 6.07) is 31.7. The van der Waals surface area contributed by atoms with Crippen LogP contribution in [0.25, 0.3) is 11.1 Å². The Hall–Kier alpha value is -3.75. The Labute approximate surface area is 235 Å². The summed E-state index contributed by atoms with van der Waals surface area (Å²) in [4.78, 5) is 4.25. The third kappa shape index (κ3) is 6.64. The average Bonchev–Trinajstić information content (AvgIpc) is 3.47. The molecular formula is C33H39N3OSi2. The van der Waals surface area contributed by atoms with Gasteiger partial charge in [0.05, 0.1) is 14.7 Å². The van der Waals surface area contributed by atoms with E-state index in [4.69, 9.17) is 4.74 Å². The first-order chi connectivity index (χ1) is 19.1. The predicted octanol–water partition coefficient (Wildman–Crippen LogP) is 6.69. The quantitative estimate of drug-likeness (QED) is 0.122. The molecule has 6 heteroatoms. The van der Waals surface area contributed by atoms with Crippen LogP contribution in [-0.4, -0.2) is 37.5 Å². The van der Waals surface area contributed by atoms with E-state index in [0.717, 1.165) is 35.7 Å². The fourth-order valence-corrected chi connectivity index (χ4v) is 20.2. The Morgan fingerprint density at radius 3 is 1.90 bits per heavy atom. The number of rotatable bonds is 15. The highest BCUT2D eigenvalue weighted by Gasteiger charge is 2.45. The maximum atomic E-state index is 5.81. The molecule has 0 aliphatic carbocycles. The molecule has 1 atom stereocenters.